The normalized spacial score (nSPS) is 13.5. The molecule has 3 N–H and O–H groups in total. The van der Waals surface area contributed by atoms with Crippen molar-refractivity contribution in [3.8, 4) is 0 Å². The number of hydrogen-bond donors (Lipinski definition) is 3. The molecule has 0 aromatic carbocycles. The molecule has 0 spiro atoms. The summed E-state index contributed by atoms with van der Waals surface area (Å²) in [6.07, 6.45) is 73.3. The van der Waals surface area contributed by atoms with E-state index in [1.807, 2.05) is 6.08 Å². The number of unbranched alkanes of at least 4 members (excludes halogenated alkanes) is 30. The summed E-state index contributed by atoms with van der Waals surface area (Å²) in [4.78, 5) is 12.4. The van der Waals surface area contributed by atoms with E-state index in [0.717, 1.165) is 51.4 Å². The van der Waals surface area contributed by atoms with Gasteiger partial charge >= 0.3 is 0 Å². The average Bonchev–Trinajstić information content (AvgIpc) is 3.25. The summed E-state index contributed by atoms with van der Waals surface area (Å²) in [5.41, 5.74) is 0. The highest BCUT2D eigenvalue weighted by Gasteiger charge is 2.17. The molecule has 0 rings (SSSR count). The Bertz CT molecular complexity index is 1040. The van der Waals surface area contributed by atoms with Crippen molar-refractivity contribution in [3.05, 3.63) is 72.9 Å². The van der Waals surface area contributed by atoms with Crippen molar-refractivity contribution in [2.45, 2.75) is 270 Å². The Balaban J connectivity index is 3.55. The lowest BCUT2D eigenvalue weighted by atomic mass is 10.0. The maximum Gasteiger partial charge on any atom is 0.220 e. The van der Waals surface area contributed by atoms with Gasteiger partial charge in [-0.05, 0) is 83.5 Å². The molecule has 0 saturated heterocycles. The summed E-state index contributed by atoms with van der Waals surface area (Å²) in [7, 11) is 0. The first-order valence-electron chi connectivity index (χ1n) is 26.2. The molecule has 4 heteroatoms. The van der Waals surface area contributed by atoms with Gasteiger partial charge in [0.25, 0.3) is 0 Å². The standard InChI is InChI=1S/C56H101NO3/c1-3-5-7-9-11-13-15-17-19-21-22-23-24-25-26-27-28-29-30-31-32-33-34-36-38-40-42-44-46-48-50-52-56(60)57-54(53-58)55(59)51-49-47-45-43-41-39-37-35-20-18-16-14-12-10-8-6-4-2/h15,17,20-22,24-25,35,41,43,49,51,54-55,58-59H,3-14,16,18-19,23,26-34,36-40,42,44-48,50,52-53H2,1-2H3,(H,57,60)/b17-15-,22-21-,25-24-,35-20+,43-41+,51-49+. The molecule has 0 aliphatic heterocycles. The zero-order chi connectivity index (χ0) is 43.5. The second-order valence-electron chi connectivity index (χ2n) is 17.6. The molecule has 0 aromatic heterocycles. The van der Waals surface area contributed by atoms with Crippen molar-refractivity contribution >= 4 is 5.91 Å². The lowest BCUT2D eigenvalue weighted by Crippen LogP contribution is -2.45. The third kappa shape index (κ3) is 46.9. The van der Waals surface area contributed by atoms with Crippen LogP contribution in [0, 0.1) is 0 Å². The highest BCUT2D eigenvalue weighted by atomic mass is 16.3. The summed E-state index contributed by atoms with van der Waals surface area (Å²) >= 11 is 0. The van der Waals surface area contributed by atoms with E-state index in [-0.39, 0.29) is 12.5 Å². The molecule has 60 heavy (non-hydrogen) atoms. The van der Waals surface area contributed by atoms with E-state index in [9.17, 15) is 15.0 Å². The van der Waals surface area contributed by atoms with Gasteiger partial charge in [0, 0.05) is 6.42 Å². The quantitative estimate of drug-likeness (QED) is 0.0422. The zero-order valence-corrected chi connectivity index (χ0v) is 40.0. The summed E-state index contributed by atoms with van der Waals surface area (Å²) in [6, 6.07) is -0.648. The van der Waals surface area contributed by atoms with E-state index < -0.39 is 12.1 Å². The number of hydrogen-bond acceptors (Lipinski definition) is 3. The van der Waals surface area contributed by atoms with Crippen LogP contribution in [-0.2, 0) is 4.79 Å². The highest BCUT2D eigenvalue weighted by Crippen LogP contribution is 2.15. The predicted molar refractivity (Wildman–Crippen MR) is 267 cm³/mol. The Hall–Kier alpha value is -2.17. The number of amides is 1. The minimum atomic E-state index is -0.872. The number of aliphatic hydroxyl groups is 2. The van der Waals surface area contributed by atoms with Gasteiger partial charge in [-0.2, -0.15) is 0 Å². The predicted octanol–water partition coefficient (Wildman–Crippen LogP) is 17.0. The van der Waals surface area contributed by atoms with Crippen LogP contribution in [-0.4, -0.2) is 34.9 Å². The Morgan fingerprint density at radius 3 is 1.08 bits per heavy atom. The van der Waals surface area contributed by atoms with Crippen LogP contribution in [0.2, 0.25) is 0 Å². The first-order valence-corrected chi connectivity index (χ1v) is 26.2. The lowest BCUT2D eigenvalue weighted by Gasteiger charge is -2.19. The molecule has 0 bridgehead atoms. The molecule has 2 unspecified atom stereocenters. The average molecular weight is 836 g/mol. The molecule has 0 saturated carbocycles. The number of rotatable bonds is 47. The summed E-state index contributed by atoms with van der Waals surface area (Å²) < 4.78 is 0. The third-order valence-electron chi connectivity index (χ3n) is 11.6. The van der Waals surface area contributed by atoms with Crippen LogP contribution < -0.4 is 5.32 Å². The molecule has 0 aliphatic carbocycles. The molecule has 0 radical (unpaired) electrons. The van der Waals surface area contributed by atoms with Gasteiger partial charge in [0.1, 0.15) is 0 Å². The molecule has 0 aliphatic rings. The fourth-order valence-electron chi connectivity index (χ4n) is 7.63. The SMILES string of the molecule is CCCCCCC/C=C\C/C=C\C/C=C\CCCCCCCCCCCCCCCCCCC(=O)NC(CO)C(O)/C=C/CC/C=C/CC/C=C/CCCCCCCCC. The van der Waals surface area contributed by atoms with Crippen molar-refractivity contribution in [2.24, 2.45) is 0 Å². The minimum Gasteiger partial charge on any atom is -0.394 e. The van der Waals surface area contributed by atoms with Crippen LogP contribution in [0.15, 0.2) is 72.9 Å². The fourth-order valence-corrected chi connectivity index (χ4v) is 7.63. The van der Waals surface area contributed by atoms with Gasteiger partial charge in [0.05, 0.1) is 18.8 Å². The Morgan fingerprint density at radius 2 is 0.700 bits per heavy atom. The fraction of sp³-hybridized carbons (Fsp3) is 0.768. The topological polar surface area (TPSA) is 69.6 Å². The summed E-state index contributed by atoms with van der Waals surface area (Å²) in [5.74, 6) is -0.0785. The van der Waals surface area contributed by atoms with Crippen molar-refractivity contribution < 1.29 is 15.0 Å². The Morgan fingerprint density at radius 1 is 0.400 bits per heavy atom. The van der Waals surface area contributed by atoms with E-state index in [4.69, 9.17) is 0 Å². The van der Waals surface area contributed by atoms with Crippen LogP contribution in [0.4, 0.5) is 0 Å². The zero-order valence-electron chi connectivity index (χ0n) is 40.0. The highest BCUT2D eigenvalue weighted by molar-refractivity contribution is 5.76. The minimum absolute atomic E-state index is 0.0785. The van der Waals surface area contributed by atoms with Crippen LogP contribution in [0.3, 0.4) is 0 Å². The molecular formula is C56H101NO3. The van der Waals surface area contributed by atoms with E-state index in [0.29, 0.717) is 6.42 Å². The molecule has 1 amide bonds. The van der Waals surface area contributed by atoms with E-state index in [1.165, 1.54) is 186 Å². The molecular weight excluding hydrogens is 735 g/mol. The van der Waals surface area contributed by atoms with Gasteiger partial charge in [0.2, 0.25) is 5.91 Å². The van der Waals surface area contributed by atoms with Gasteiger partial charge in [-0.15, -0.1) is 0 Å². The van der Waals surface area contributed by atoms with Crippen molar-refractivity contribution in [1.82, 2.24) is 5.32 Å². The smallest absolute Gasteiger partial charge is 0.220 e. The van der Waals surface area contributed by atoms with E-state index >= 15 is 0 Å². The van der Waals surface area contributed by atoms with E-state index in [2.05, 4.69) is 79.9 Å². The van der Waals surface area contributed by atoms with Crippen molar-refractivity contribution in [1.29, 1.82) is 0 Å². The number of nitrogens with one attached hydrogen (secondary N) is 1. The molecule has 0 heterocycles. The van der Waals surface area contributed by atoms with Crippen molar-refractivity contribution in [2.75, 3.05) is 6.61 Å². The van der Waals surface area contributed by atoms with Gasteiger partial charge in [-0.3, -0.25) is 4.79 Å². The molecule has 0 aromatic rings. The maximum absolute atomic E-state index is 12.4. The van der Waals surface area contributed by atoms with Gasteiger partial charge in [-0.1, -0.05) is 241 Å². The molecule has 0 fully saturated rings. The van der Waals surface area contributed by atoms with Crippen LogP contribution >= 0.6 is 0 Å². The van der Waals surface area contributed by atoms with Crippen LogP contribution in [0.1, 0.15) is 258 Å². The second kappa shape index (κ2) is 51.2. The van der Waals surface area contributed by atoms with E-state index in [1.54, 1.807) is 6.08 Å². The first kappa shape index (κ1) is 57.8. The van der Waals surface area contributed by atoms with Gasteiger partial charge in [-0.25, -0.2) is 0 Å². The third-order valence-corrected chi connectivity index (χ3v) is 11.6. The first-order chi connectivity index (χ1) is 29.7. The van der Waals surface area contributed by atoms with Crippen LogP contribution in [0.25, 0.3) is 0 Å². The number of allylic oxidation sites excluding steroid dienone is 11. The van der Waals surface area contributed by atoms with Crippen molar-refractivity contribution in [3.63, 3.8) is 0 Å². The monoisotopic (exact) mass is 836 g/mol. The maximum atomic E-state index is 12.4. The molecule has 348 valence electrons. The molecule has 4 nitrogen and oxygen atoms in total. The Kier molecular flexibility index (Phi) is 49.3. The van der Waals surface area contributed by atoms with Gasteiger partial charge < -0.3 is 15.5 Å². The number of carbonyl (C=O) groups excluding carboxylic acids is 1. The summed E-state index contributed by atoms with van der Waals surface area (Å²) in [6.45, 7) is 4.28. The van der Waals surface area contributed by atoms with Crippen LogP contribution in [0.5, 0.6) is 0 Å². The lowest BCUT2D eigenvalue weighted by molar-refractivity contribution is -0.123. The Labute approximate surface area is 374 Å². The largest absolute Gasteiger partial charge is 0.394 e. The second-order valence-corrected chi connectivity index (χ2v) is 17.6. The number of aliphatic hydroxyl groups excluding tert-OH is 2. The number of carbonyl (C=O) groups is 1. The summed E-state index contributed by atoms with van der Waals surface area (Å²) in [5, 5.41) is 23.1. The molecule has 2 atom stereocenters. The van der Waals surface area contributed by atoms with Gasteiger partial charge in [0.15, 0.2) is 0 Å².